The quantitative estimate of drug-likeness (QED) is 0.816. The SMILES string of the molecule is CCc1nn(C)c2c1nc(CCl)n2C1CCOC1C1CC1. The van der Waals surface area contributed by atoms with Gasteiger partial charge in [0.2, 0.25) is 0 Å². The Morgan fingerprint density at radius 3 is 2.81 bits per heavy atom. The lowest BCUT2D eigenvalue weighted by Gasteiger charge is -2.22. The zero-order valence-electron chi connectivity index (χ0n) is 12.5. The maximum absolute atomic E-state index is 6.18. The molecule has 1 saturated heterocycles. The summed E-state index contributed by atoms with van der Waals surface area (Å²) in [5.74, 6) is 2.11. The minimum absolute atomic E-state index is 0.323. The second-order valence-corrected chi connectivity index (χ2v) is 6.42. The second kappa shape index (κ2) is 4.99. The average molecular weight is 309 g/mol. The van der Waals surface area contributed by atoms with E-state index in [-0.39, 0.29) is 0 Å². The molecule has 0 aromatic carbocycles. The van der Waals surface area contributed by atoms with Gasteiger partial charge in [-0.25, -0.2) is 4.98 Å². The van der Waals surface area contributed by atoms with E-state index in [4.69, 9.17) is 21.3 Å². The third kappa shape index (κ3) is 2.01. The molecule has 6 heteroatoms. The van der Waals surface area contributed by atoms with Gasteiger partial charge in [-0.05, 0) is 31.6 Å². The summed E-state index contributed by atoms with van der Waals surface area (Å²) in [6, 6.07) is 0.358. The molecular formula is C15H21ClN4O. The van der Waals surface area contributed by atoms with Crippen LogP contribution in [0.15, 0.2) is 0 Å². The van der Waals surface area contributed by atoms with Crippen molar-refractivity contribution in [2.45, 2.75) is 50.6 Å². The first-order chi connectivity index (χ1) is 10.2. The fourth-order valence-electron chi connectivity index (χ4n) is 3.68. The minimum Gasteiger partial charge on any atom is -0.376 e. The van der Waals surface area contributed by atoms with Gasteiger partial charge in [0.1, 0.15) is 11.3 Å². The summed E-state index contributed by atoms with van der Waals surface area (Å²) in [6.45, 7) is 2.96. The standard InChI is InChI=1S/C15H21ClN4O/c1-3-10-13-15(19(2)18-10)20(12(8-16)17-13)11-6-7-21-14(11)9-4-5-9/h9,11,14H,3-8H2,1-2H3. The summed E-state index contributed by atoms with van der Waals surface area (Å²) in [5.41, 5.74) is 3.17. The van der Waals surface area contributed by atoms with Gasteiger partial charge in [0.05, 0.1) is 23.7 Å². The van der Waals surface area contributed by atoms with E-state index in [0.29, 0.717) is 18.0 Å². The molecular weight excluding hydrogens is 288 g/mol. The van der Waals surface area contributed by atoms with E-state index in [9.17, 15) is 0 Å². The molecule has 0 bridgehead atoms. The molecule has 5 nitrogen and oxygen atoms in total. The number of hydrogen-bond donors (Lipinski definition) is 0. The number of halogens is 1. The molecule has 0 radical (unpaired) electrons. The van der Waals surface area contributed by atoms with E-state index in [0.717, 1.165) is 48.0 Å². The van der Waals surface area contributed by atoms with Crippen molar-refractivity contribution in [2.75, 3.05) is 6.61 Å². The molecule has 0 spiro atoms. The lowest BCUT2D eigenvalue weighted by molar-refractivity contribution is 0.0752. The summed E-state index contributed by atoms with van der Waals surface area (Å²) in [6.07, 6.45) is 4.85. The Balaban J connectivity index is 1.87. The van der Waals surface area contributed by atoms with Crippen molar-refractivity contribution in [1.29, 1.82) is 0 Å². The van der Waals surface area contributed by atoms with Crippen LogP contribution in [0.1, 0.15) is 43.7 Å². The van der Waals surface area contributed by atoms with Crippen LogP contribution in [0.3, 0.4) is 0 Å². The molecule has 4 rings (SSSR count). The maximum Gasteiger partial charge on any atom is 0.159 e. The number of nitrogens with zero attached hydrogens (tertiary/aromatic N) is 4. The number of fused-ring (bicyclic) bond motifs is 1. The number of hydrogen-bond acceptors (Lipinski definition) is 3. The van der Waals surface area contributed by atoms with Gasteiger partial charge in [-0.15, -0.1) is 11.6 Å². The van der Waals surface area contributed by atoms with Crippen LogP contribution in [0.4, 0.5) is 0 Å². The fourth-order valence-corrected chi connectivity index (χ4v) is 3.87. The van der Waals surface area contributed by atoms with Crippen LogP contribution in [0.25, 0.3) is 11.2 Å². The average Bonchev–Trinajstić information content (AvgIpc) is 2.98. The predicted molar refractivity (Wildman–Crippen MR) is 81.6 cm³/mol. The zero-order chi connectivity index (χ0) is 14.6. The fraction of sp³-hybridized carbons (Fsp3) is 0.733. The van der Waals surface area contributed by atoms with Crippen molar-refractivity contribution in [3.8, 4) is 0 Å². The van der Waals surface area contributed by atoms with Crippen LogP contribution >= 0.6 is 11.6 Å². The first-order valence-electron chi connectivity index (χ1n) is 7.84. The lowest BCUT2D eigenvalue weighted by atomic mass is 10.1. The number of imidazole rings is 1. The van der Waals surface area contributed by atoms with Crippen LogP contribution in [0, 0.1) is 5.92 Å². The Hall–Kier alpha value is -1.07. The molecule has 114 valence electrons. The highest BCUT2D eigenvalue weighted by Gasteiger charge is 2.43. The Kier molecular flexibility index (Phi) is 3.23. The summed E-state index contributed by atoms with van der Waals surface area (Å²) in [4.78, 5) is 4.77. The Morgan fingerprint density at radius 2 is 2.14 bits per heavy atom. The highest BCUT2D eigenvalue weighted by molar-refractivity contribution is 6.16. The van der Waals surface area contributed by atoms with Crippen molar-refractivity contribution in [2.24, 2.45) is 13.0 Å². The maximum atomic E-state index is 6.18. The Morgan fingerprint density at radius 1 is 1.33 bits per heavy atom. The van der Waals surface area contributed by atoms with E-state index in [1.165, 1.54) is 12.8 Å². The van der Waals surface area contributed by atoms with Crippen LogP contribution in [-0.4, -0.2) is 32.0 Å². The minimum atomic E-state index is 0.323. The Labute approximate surface area is 129 Å². The molecule has 2 atom stereocenters. The zero-order valence-corrected chi connectivity index (χ0v) is 13.3. The highest BCUT2D eigenvalue weighted by Crippen LogP contribution is 2.44. The normalized spacial score (nSPS) is 26.0. The molecule has 0 amide bonds. The molecule has 2 aromatic rings. The van der Waals surface area contributed by atoms with Gasteiger partial charge in [0.15, 0.2) is 5.65 Å². The van der Waals surface area contributed by atoms with Crippen LogP contribution in [-0.2, 0) is 24.1 Å². The molecule has 2 aliphatic rings. The molecule has 1 aliphatic heterocycles. The summed E-state index contributed by atoms with van der Waals surface area (Å²) >= 11 is 6.18. The van der Waals surface area contributed by atoms with Gasteiger partial charge >= 0.3 is 0 Å². The molecule has 2 aromatic heterocycles. The van der Waals surface area contributed by atoms with Crippen molar-refractivity contribution in [3.63, 3.8) is 0 Å². The van der Waals surface area contributed by atoms with Gasteiger partial charge in [-0.2, -0.15) is 5.10 Å². The summed E-state index contributed by atoms with van der Waals surface area (Å²) in [7, 11) is 2.00. The monoisotopic (exact) mass is 308 g/mol. The first kappa shape index (κ1) is 13.6. The molecule has 3 heterocycles. The smallest absolute Gasteiger partial charge is 0.159 e. The number of aryl methyl sites for hydroxylation is 2. The van der Waals surface area contributed by atoms with Crippen molar-refractivity contribution >= 4 is 22.8 Å². The van der Waals surface area contributed by atoms with Gasteiger partial charge in [0.25, 0.3) is 0 Å². The molecule has 1 aliphatic carbocycles. The van der Waals surface area contributed by atoms with E-state index >= 15 is 0 Å². The largest absolute Gasteiger partial charge is 0.376 e. The highest BCUT2D eigenvalue weighted by atomic mass is 35.5. The lowest BCUT2D eigenvalue weighted by Crippen LogP contribution is -2.24. The molecule has 21 heavy (non-hydrogen) atoms. The van der Waals surface area contributed by atoms with E-state index < -0.39 is 0 Å². The van der Waals surface area contributed by atoms with Gasteiger partial charge in [-0.3, -0.25) is 4.68 Å². The Bertz CT molecular complexity index is 673. The summed E-state index contributed by atoms with van der Waals surface area (Å²) in [5, 5.41) is 4.61. The molecule has 1 saturated carbocycles. The molecule has 2 fully saturated rings. The number of aromatic nitrogens is 4. The third-order valence-corrected chi connectivity index (χ3v) is 5.02. The summed E-state index contributed by atoms with van der Waals surface area (Å²) < 4.78 is 10.3. The number of alkyl halides is 1. The van der Waals surface area contributed by atoms with Crippen LogP contribution < -0.4 is 0 Å². The van der Waals surface area contributed by atoms with Crippen LogP contribution in [0.5, 0.6) is 0 Å². The third-order valence-electron chi connectivity index (χ3n) is 4.79. The van der Waals surface area contributed by atoms with Crippen molar-refractivity contribution in [1.82, 2.24) is 19.3 Å². The second-order valence-electron chi connectivity index (χ2n) is 6.16. The number of rotatable bonds is 4. The van der Waals surface area contributed by atoms with E-state index in [1.807, 2.05) is 11.7 Å². The number of ether oxygens (including phenoxy) is 1. The van der Waals surface area contributed by atoms with Crippen molar-refractivity contribution < 1.29 is 4.74 Å². The van der Waals surface area contributed by atoms with E-state index in [2.05, 4.69) is 16.6 Å². The van der Waals surface area contributed by atoms with Gasteiger partial charge < -0.3 is 9.30 Å². The topological polar surface area (TPSA) is 44.9 Å². The molecule has 2 unspecified atom stereocenters. The van der Waals surface area contributed by atoms with Gasteiger partial charge in [-0.1, -0.05) is 6.92 Å². The molecule has 0 N–H and O–H groups in total. The van der Waals surface area contributed by atoms with Crippen molar-refractivity contribution in [3.05, 3.63) is 11.5 Å². The van der Waals surface area contributed by atoms with Gasteiger partial charge in [0, 0.05) is 13.7 Å². The van der Waals surface area contributed by atoms with Crippen LogP contribution in [0.2, 0.25) is 0 Å². The first-order valence-corrected chi connectivity index (χ1v) is 8.38. The predicted octanol–water partition coefficient (Wildman–Crippen LogP) is 2.81. The van der Waals surface area contributed by atoms with E-state index in [1.54, 1.807) is 0 Å².